The van der Waals surface area contributed by atoms with Gasteiger partial charge in [0, 0.05) is 10.7 Å². The summed E-state index contributed by atoms with van der Waals surface area (Å²) in [4.78, 5) is 0.0955. The first-order chi connectivity index (χ1) is 7.45. The lowest BCUT2D eigenvalue weighted by molar-refractivity contribution is -0.0580. The Kier molecular flexibility index (Phi) is 2.15. The molecule has 1 saturated heterocycles. The van der Waals surface area contributed by atoms with E-state index in [0.29, 0.717) is 16.1 Å². The molecule has 0 amide bonds. The van der Waals surface area contributed by atoms with Gasteiger partial charge < -0.3 is 4.74 Å². The monoisotopic (exact) mass is 238 g/mol. The smallest absolute Gasteiger partial charge is 0.120 e. The van der Waals surface area contributed by atoms with E-state index in [2.05, 4.69) is 33.4 Å². The van der Waals surface area contributed by atoms with E-state index in [1.807, 2.05) is 11.8 Å². The fraction of sp³-hybridized carbons (Fsp3) is 0.857. The number of hydrogen-bond donors (Lipinski definition) is 0. The van der Waals surface area contributed by atoms with Gasteiger partial charge in [0.25, 0.3) is 0 Å². The zero-order valence-electron chi connectivity index (χ0n) is 10.6. The molecule has 1 nitrogen and oxygen atoms in total. The summed E-state index contributed by atoms with van der Waals surface area (Å²) in [6.45, 7) is 12.1. The maximum Gasteiger partial charge on any atom is 0.120 e. The second kappa shape index (κ2) is 3.08. The first-order valence-electron chi connectivity index (χ1n) is 6.39. The Morgan fingerprint density at radius 1 is 1.38 bits per heavy atom. The summed E-state index contributed by atoms with van der Waals surface area (Å²) in [5.74, 6) is 0.855. The van der Waals surface area contributed by atoms with Crippen LogP contribution in [0.3, 0.4) is 0 Å². The third-order valence-electron chi connectivity index (χ3n) is 5.88. The normalized spacial score (nSPS) is 53.7. The van der Waals surface area contributed by atoms with Crippen molar-refractivity contribution >= 4 is 11.8 Å². The van der Waals surface area contributed by atoms with Crippen LogP contribution in [-0.2, 0) is 4.74 Å². The van der Waals surface area contributed by atoms with Crippen molar-refractivity contribution in [1.82, 2.24) is 0 Å². The first kappa shape index (κ1) is 11.2. The van der Waals surface area contributed by atoms with Crippen LogP contribution < -0.4 is 0 Å². The van der Waals surface area contributed by atoms with E-state index in [0.717, 1.165) is 12.5 Å². The molecule has 2 heteroatoms. The van der Waals surface area contributed by atoms with E-state index in [1.54, 1.807) is 0 Å². The molecule has 90 valence electrons. The standard InChI is InChI=1S/C14H22OS/c1-5-11-9-15-14(16-11)8-10-6-7-13(14,4)12(10,2)3/h5,10-11H,1,6-9H2,2-4H3/t10-,11+,13-,14+/m1/s1. The molecule has 0 aromatic rings. The highest BCUT2D eigenvalue weighted by molar-refractivity contribution is 8.01. The second-order valence-electron chi connectivity index (χ2n) is 6.45. The summed E-state index contributed by atoms with van der Waals surface area (Å²) in [6, 6.07) is 0. The Balaban J connectivity index is 1.98. The number of ether oxygens (including phenoxy) is 1. The van der Waals surface area contributed by atoms with Crippen molar-refractivity contribution in [2.24, 2.45) is 16.7 Å². The highest BCUT2D eigenvalue weighted by Crippen LogP contribution is 2.75. The Bertz CT molecular complexity index is 338. The van der Waals surface area contributed by atoms with Gasteiger partial charge in [-0.3, -0.25) is 0 Å². The average molecular weight is 238 g/mol. The maximum absolute atomic E-state index is 6.27. The summed E-state index contributed by atoms with van der Waals surface area (Å²) in [5, 5.41) is 0.506. The van der Waals surface area contributed by atoms with Crippen molar-refractivity contribution in [3.8, 4) is 0 Å². The van der Waals surface area contributed by atoms with Crippen LogP contribution >= 0.6 is 11.8 Å². The minimum atomic E-state index is 0.0955. The minimum Gasteiger partial charge on any atom is -0.362 e. The Hall–Kier alpha value is 0.0500. The molecule has 2 aliphatic carbocycles. The van der Waals surface area contributed by atoms with Gasteiger partial charge in [-0.1, -0.05) is 26.8 Å². The minimum absolute atomic E-state index is 0.0955. The van der Waals surface area contributed by atoms with E-state index >= 15 is 0 Å². The topological polar surface area (TPSA) is 9.23 Å². The molecule has 3 rings (SSSR count). The SMILES string of the molecule is C=C[C@H]1CO[C@@]2(C[C@H]3CC[C@]2(C)C3(C)C)S1. The van der Waals surface area contributed by atoms with Gasteiger partial charge in [0.1, 0.15) is 4.93 Å². The number of rotatable bonds is 1. The molecule has 3 aliphatic rings. The van der Waals surface area contributed by atoms with Gasteiger partial charge in [0.15, 0.2) is 0 Å². The molecule has 16 heavy (non-hydrogen) atoms. The first-order valence-corrected chi connectivity index (χ1v) is 7.27. The molecular formula is C14H22OS. The van der Waals surface area contributed by atoms with E-state index < -0.39 is 0 Å². The highest BCUT2D eigenvalue weighted by atomic mass is 32.2. The third-order valence-corrected chi connectivity index (χ3v) is 7.62. The van der Waals surface area contributed by atoms with Gasteiger partial charge in [-0.15, -0.1) is 18.3 Å². The lowest BCUT2D eigenvalue weighted by Gasteiger charge is -2.45. The molecule has 1 aliphatic heterocycles. The summed E-state index contributed by atoms with van der Waals surface area (Å²) in [7, 11) is 0. The maximum atomic E-state index is 6.27. The van der Waals surface area contributed by atoms with E-state index in [4.69, 9.17) is 4.74 Å². The van der Waals surface area contributed by atoms with Crippen molar-refractivity contribution < 1.29 is 4.74 Å². The molecular weight excluding hydrogens is 216 g/mol. The van der Waals surface area contributed by atoms with Crippen molar-refractivity contribution in [3.63, 3.8) is 0 Å². The average Bonchev–Trinajstić information content (AvgIpc) is 2.79. The van der Waals surface area contributed by atoms with Crippen molar-refractivity contribution in [2.45, 2.75) is 50.2 Å². The van der Waals surface area contributed by atoms with Gasteiger partial charge >= 0.3 is 0 Å². The number of hydrogen-bond acceptors (Lipinski definition) is 2. The molecule has 0 aromatic carbocycles. The van der Waals surface area contributed by atoms with Gasteiger partial charge in [0.05, 0.1) is 6.61 Å². The van der Waals surface area contributed by atoms with Crippen LogP contribution in [0.25, 0.3) is 0 Å². The predicted molar refractivity (Wildman–Crippen MR) is 69.5 cm³/mol. The molecule has 2 bridgehead atoms. The van der Waals surface area contributed by atoms with Crippen LogP contribution in [-0.4, -0.2) is 16.8 Å². The van der Waals surface area contributed by atoms with Gasteiger partial charge in [0.2, 0.25) is 0 Å². The van der Waals surface area contributed by atoms with Crippen molar-refractivity contribution in [3.05, 3.63) is 12.7 Å². The molecule has 1 spiro atoms. The zero-order chi connectivity index (χ0) is 11.6. The molecule has 0 radical (unpaired) electrons. The van der Waals surface area contributed by atoms with Crippen molar-refractivity contribution in [2.75, 3.05) is 6.61 Å². The Labute approximate surface area is 103 Å². The molecule has 3 fully saturated rings. The summed E-state index contributed by atoms with van der Waals surface area (Å²) in [5.41, 5.74) is 0.795. The third kappa shape index (κ3) is 1.04. The fourth-order valence-corrected chi connectivity index (χ4v) is 6.01. The molecule has 1 heterocycles. The second-order valence-corrected chi connectivity index (χ2v) is 7.95. The summed E-state index contributed by atoms with van der Waals surface area (Å²) >= 11 is 2.04. The van der Waals surface area contributed by atoms with Gasteiger partial charge in [-0.2, -0.15) is 0 Å². The largest absolute Gasteiger partial charge is 0.362 e. The van der Waals surface area contributed by atoms with Gasteiger partial charge in [-0.05, 0) is 30.6 Å². The molecule has 0 unspecified atom stereocenters. The van der Waals surface area contributed by atoms with Crippen LogP contribution in [0, 0.1) is 16.7 Å². The molecule has 4 atom stereocenters. The van der Waals surface area contributed by atoms with Crippen LogP contribution in [0.4, 0.5) is 0 Å². The quantitative estimate of drug-likeness (QED) is 0.642. The Morgan fingerprint density at radius 2 is 2.12 bits per heavy atom. The lowest BCUT2D eigenvalue weighted by atomic mass is 9.69. The number of fused-ring (bicyclic) bond motifs is 3. The molecule has 2 saturated carbocycles. The van der Waals surface area contributed by atoms with E-state index in [9.17, 15) is 0 Å². The number of thioether (sulfide) groups is 1. The lowest BCUT2D eigenvalue weighted by Crippen LogP contribution is -2.44. The van der Waals surface area contributed by atoms with Crippen molar-refractivity contribution in [1.29, 1.82) is 0 Å². The summed E-state index contributed by atoms with van der Waals surface area (Å²) < 4.78 is 6.27. The van der Waals surface area contributed by atoms with Crippen LogP contribution in [0.15, 0.2) is 12.7 Å². The highest BCUT2D eigenvalue weighted by Gasteiger charge is 2.71. The Morgan fingerprint density at radius 3 is 2.56 bits per heavy atom. The molecule has 0 N–H and O–H groups in total. The predicted octanol–water partition coefficient (Wildman–Crippen LogP) is 3.85. The molecule has 0 aromatic heterocycles. The van der Waals surface area contributed by atoms with E-state index in [1.165, 1.54) is 19.3 Å². The van der Waals surface area contributed by atoms with Gasteiger partial charge in [-0.25, -0.2) is 0 Å². The summed E-state index contributed by atoms with van der Waals surface area (Å²) in [6.07, 6.45) is 6.04. The van der Waals surface area contributed by atoms with Crippen LogP contribution in [0.5, 0.6) is 0 Å². The zero-order valence-corrected chi connectivity index (χ0v) is 11.4. The van der Waals surface area contributed by atoms with Crippen LogP contribution in [0.2, 0.25) is 0 Å². The van der Waals surface area contributed by atoms with E-state index in [-0.39, 0.29) is 4.93 Å². The fourth-order valence-electron chi connectivity index (χ4n) is 4.23. The van der Waals surface area contributed by atoms with Crippen LogP contribution in [0.1, 0.15) is 40.0 Å².